The molecule has 2 atom stereocenters. The van der Waals surface area contributed by atoms with E-state index in [1.165, 1.54) is 19.3 Å². The zero-order valence-electron chi connectivity index (χ0n) is 7.92. The Kier molecular flexibility index (Phi) is 3.56. The first-order valence-corrected chi connectivity index (χ1v) is 4.60. The number of fused-ring (bicyclic) bond motifs is 1. The fourth-order valence-electron chi connectivity index (χ4n) is 1.85. The summed E-state index contributed by atoms with van der Waals surface area (Å²) in [6.45, 7) is 0. The van der Waals surface area contributed by atoms with Crippen molar-refractivity contribution in [3.63, 3.8) is 0 Å². The summed E-state index contributed by atoms with van der Waals surface area (Å²) >= 11 is 0. The zero-order chi connectivity index (χ0) is 11.6. The summed E-state index contributed by atoms with van der Waals surface area (Å²) in [7, 11) is 0. The number of nitrogens with two attached hydrogens (primary N) is 1. The van der Waals surface area contributed by atoms with E-state index in [0.29, 0.717) is 6.04 Å². The average Bonchev–Trinajstić information content (AvgIpc) is 2.73. The molecule has 0 heterocycles. The molecule has 0 aromatic carbocycles. The van der Waals surface area contributed by atoms with E-state index in [2.05, 4.69) is 5.43 Å². The number of hydrogen-bond donors (Lipinski definition) is 3. The van der Waals surface area contributed by atoms with Crippen molar-refractivity contribution in [2.45, 2.75) is 31.5 Å². The van der Waals surface area contributed by atoms with Crippen LogP contribution in [-0.2, 0) is 4.79 Å². The van der Waals surface area contributed by atoms with Gasteiger partial charge < -0.3 is 5.11 Å². The largest absolute Gasteiger partial charge is 0.490 e. The molecular weight excluding hydrogens is 213 g/mol. The van der Waals surface area contributed by atoms with Gasteiger partial charge in [-0.1, -0.05) is 0 Å². The molecule has 0 amide bonds. The van der Waals surface area contributed by atoms with Crippen LogP contribution in [0.4, 0.5) is 13.2 Å². The van der Waals surface area contributed by atoms with Gasteiger partial charge in [-0.3, -0.25) is 11.3 Å². The monoisotopic (exact) mass is 226 g/mol. The highest BCUT2D eigenvalue weighted by Gasteiger charge is 2.45. The number of rotatable bonds is 1. The summed E-state index contributed by atoms with van der Waals surface area (Å²) in [6, 6.07) is 0.652. The van der Waals surface area contributed by atoms with E-state index in [1.807, 2.05) is 0 Å². The lowest BCUT2D eigenvalue weighted by molar-refractivity contribution is -0.192. The van der Waals surface area contributed by atoms with Crippen LogP contribution >= 0.6 is 0 Å². The van der Waals surface area contributed by atoms with Crippen LogP contribution in [0.15, 0.2) is 0 Å². The third-order valence-corrected chi connectivity index (χ3v) is 2.72. The van der Waals surface area contributed by atoms with E-state index in [4.69, 9.17) is 15.7 Å². The van der Waals surface area contributed by atoms with Gasteiger partial charge in [-0.25, -0.2) is 4.79 Å². The Balaban J connectivity index is 0.000000153. The van der Waals surface area contributed by atoms with E-state index < -0.39 is 12.1 Å². The molecule has 0 saturated heterocycles. The van der Waals surface area contributed by atoms with Gasteiger partial charge in [0.1, 0.15) is 0 Å². The van der Waals surface area contributed by atoms with Crippen molar-refractivity contribution in [3.05, 3.63) is 0 Å². The first-order valence-electron chi connectivity index (χ1n) is 4.60. The maximum atomic E-state index is 10.6. The summed E-state index contributed by atoms with van der Waals surface area (Å²) in [4.78, 5) is 8.90. The number of hydrogen-bond acceptors (Lipinski definition) is 3. The minimum Gasteiger partial charge on any atom is -0.475 e. The highest BCUT2D eigenvalue weighted by Crippen LogP contribution is 2.51. The molecule has 2 aliphatic carbocycles. The summed E-state index contributed by atoms with van der Waals surface area (Å²) in [5.41, 5.74) is 2.82. The van der Waals surface area contributed by atoms with Crippen molar-refractivity contribution < 1.29 is 23.1 Å². The lowest BCUT2D eigenvalue weighted by atomic mass is 10.2. The number of alkyl halides is 3. The molecule has 0 aliphatic heterocycles. The van der Waals surface area contributed by atoms with Gasteiger partial charge in [0.2, 0.25) is 0 Å². The second-order valence-electron chi connectivity index (χ2n) is 3.89. The highest BCUT2D eigenvalue weighted by molar-refractivity contribution is 5.73. The highest BCUT2D eigenvalue weighted by atomic mass is 19.4. The molecule has 2 rings (SSSR count). The normalized spacial score (nSPS) is 32.7. The Hall–Kier alpha value is -0.820. The maximum Gasteiger partial charge on any atom is 0.490 e. The number of carboxylic acids is 1. The minimum absolute atomic E-state index is 0.652. The number of halogens is 3. The number of aliphatic carboxylic acids is 1. The molecule has 0 aromatic rings. The van der Waals surface area contributed by atoms with Crippen molar-refractivity contribution in [3.8, 4) is 0 Å². The molecule has 88 valence electrons. The van der Waals surface area contributed by atoms with E-state index in [9.17, 15) is 13.2 Å². The molecule has 0 aromatic heterocycles. The van der Waals surface area contributed by atoms with Gasteiger partial charge >= 0.3 is 12.1 Å². The molecule has 2 unspecified atom stereocenters. The van der Waals surface area contributed by atoms with Gasteiger partial charge in [-0.15, -0.1) is 0 Å². The van der Waals surface area contributed by atoms with E-state index in [-0.39, 0.29) is 0 Å². The van der Waals surface area contributed by atoms with Gasteiger partial charge in [0.05, 0.1) is 0 Å². The summed E-state index contributed by atoms with van der Waals surface area (Å²) < 4.78 is 31.7. The Labute approximate surface area is 84.6 Å². The van der Waals surface area contributed by atoms with Crippen molar-refractivity contribution >= 4 is 5.97 Å². The standard InChI is InChI=1S/C6H12N2.C2HF3O2/c7-8-6-2-4-1-5(4)3-6;3-2(4,5)1(6)7/h4-6,8H,1-3,7H2;(H,6,7). The summed E-state index contributed by atoms with van der Waals surface area (Å²) in [5, 5.41) is 7.12. The van der Waals surface area contributed by atoms with Crippen molar-refractivity contribution in [1.82, 2.24) is 5.43 Å². The quantitative estimate of drug-likeness (QED) is 0.458. The van der Waals surface area contributed by atoms with Crippen molar-refractivity contribution in [1.29, 1.82) is 0 Å². The van der Waals surface area contributed by atoms with Gasteiger partial charge in [-0.05, 0) is 31.1 Å². The Morgan fingerprint density at radius 3 is 1.87 bits per heavy atom. The number of hydrazine groups is 1. The molecule has 4 N–H and O–H groups in total. The third kappa shape index (κ3) is 3.67. The van der Waals surface area contributed by atoms with Gasteiger partial charge in [0.25, 0.3) is 0 Å². The van der Waals surface area contributed by atoms with Gasteiger partial charge in [-0.2, -0.15) is 13.2 Å². The van der Waals surface area contributed by atoms with Crippen LogP contribution in [0.5, 0.6) is 0 Å². The molecular formula is C8H13F3N2O2. The molecule has 15 heavy (non-hydrogen) atoms. The molecule has 2 aliphatic rings. The number of carbonyl (C=O) groups is 1. The molecule has 0 spiro atoms. The second-order valence-corrected chi connectivity index (χ2v) is 3.89. The number of nitrogens with one attached hydrogen (secondary N) is 1. The average molecular weight is 226 g/mol. The van der Waals surface area contributed by atoms with E-state index in [1.54, 1.807) is 0 Å². The predicted molar refractivity (Wildman–Crippen MR) is 45.6 cm³/mol. The van der Waals surface area contributed by atoms with Crippen LogP contribution in [0.3, 0.4) is 0 Å². The Bertz CT molecular complexity index is 235. The molecule has 0 bridgehead atoms. The third-order valence-electron chi connectivity index (χ3n) is 2.72. The maximum absolute atomic E-state index is 10.6. The second kappa shape index (κ2) is 4.36. The predicted octanol–water partition coefficient (Wildman–Crippen LogP) is 0.881. The fourth-order valence-corrected chi connectivity index (χ4v) is 1.85. The zero-order valence-corrected chi connectivity index (χ0v) is 7.92. The molecule has 2 fully saturated rings. The van der Waals surface area contributed by atoms with E-state index >= 15 is 0 Å². The lowest BCUT2D eigenvalue weighted by Crippen LogP contribution is -2.33. The topological polar surface area (TPSA) is 75.3 Å². The smallest absolute Gasteiger partial charge is 0.475 e. The van der Waals surface area contributed by atoms with Crippen LogP contribution < -0.4 is 11.3 Å². The first kappa shape index (κ1) is 12.3. The minimum atomic E-state index is -5.08. The molecule has 7 heteroatoms. The summed E-state index contributed by atoms with van der Waals surface area (Å²) in [6.07, 6.45) is -0.930. The van der Waals surface area contributed by atoms with Crippen LogP contribution in [0.25, 0.3) is 0 Å². The van der Waals surface area contributed by atoms with Gasteiger partial charge in [0.15, 0.2) is 0 Å². The molecule has 4 nitrogen and oxygen atoms in total. The van der Waals surface area contributed by atoms with Crippen LogP contribution in [0.1, 0.15) is 19.3 Å². The Morgan fingerprint density at radius 2 is 1.67 bits per heavy atom. The molecule has 2 saturated carbocycles. The Morgan fingerprint density at radius 1 is 1.27 bits per heavy atom. The SMILES string of the molecule is NNC1CC2CC2C1.O=C(O)C(F)(F)F. The van der Waals surface area contributed by atoms with Crippen LogP contribution in [-0.4, -0.2) is 23.3 Å². The first-order chi connectivity index (χ1) is 6.84. The van der Waals surface area contributed by atoms with Crippen LogP contribution in [0, 0.1) is 11.8 Å². The van der Waals surface area contributed by atoms with Crippen molar-refractivity contribution in [2.24, 2.45) is 17.7 Å². The van der Waals surface area contributed by atoms with Crippen molar-refractivity contribution in [2.75, 3.05) is 0 Å². The van der Waals surface area contributed by atoms with Gasteiger partial charge in [0, 0.05) is 6.04 Å². The lowest BCUT2D eigenvalue weighted by Gasteiger charge is -2.07. The number of carboxylic acid groups (broad SMARTS) is 1. The van der Waals surface area contributed by atoms with E-state index in [0.717, 1.165) is 11.8 Å². The molecule has 0 radical (unpaired) electrons. The fraction of sp³-hybridized carbons (Fsp3) is 0.875. The van der Waals surface area contributed by atoms with Crippen LogP contribution in [0.2, 0.25) is 0 Å². The summed E-state index contributed by atoms with van der Waals surface area (Å²) in [5.74, 6) is 4.61.